The maximum absolute atomic E-state index is 11.7. The van der Waals surface area contributed by atoms with Gasteiger partial charge in [-0.3, -0.25) is 9.69 Å². The van der Waals surface area contributed by atoms with E-state index in [0.717, 1.165) is 12.8 Å². The zero-order valence-electron chi connectivity index (χ0n) is 13.9. The number of likely N-dealkylation sites (tertiary alicyclic amines) is 1. The van der Waals surface area contributed by atoms with Crippen molar-refractivity contribution < 1.29 is 58.7 Å². The van der Waals surface area contributed by atoms with Gasteiger partial charge < -0.3 is 15.6 Å². The van der Waals surface area contributed by atoms with E-state index in [1.165, 1.54) is 0 Å². The van der Waals surface area contributed by atoms with Gasteiger partial charge in [0, 0.05) is 63.8 Å². The first kappa shape index (κ1) is 22.0. The number of carbonyl (C=O) groups excluding carboxylic acids is 1. The number of nitrogens with one attached hydrogen (secondary N) is 1. The molecule has 21 heavy (non-hydrogen) atoms. The molecule has 1 radical (unpaired) electrons. The molecule has 1 fully saturated rings. The number of aliphatic hydroxyl groups excluding tert-OH is 1. The molecule has 1 aliphatic heterocycles. The minimum Gasteiger partial charge on any atom is -0.671 e. The first-order valence-electron chi connectivity index (χ1n) is 7.48. The molecule has 0 aromatic carbocycles. The van der Waals surface area contributed by atoms with Gasteiger partial charge in [0.15, 0.2) is 0 Å². The van der Waals surface area contributed by atoms with Gasteiger partial charge in [-0.05, 0) is 39.2 Å². The average Bonchev–Trinajstić information content (AvgIpc) is 2.78. The molecular formula is C15H29AcN2O3-. The number of ether oxygens (including phenoxy) is 1. The fourth-order valence-electron chi connectivity index (χ4n) is 3.69. The van der Waals surface area contributed by atoms with E-state index in [0.29, 0.717) is 6.42 Å². The van der Waals surface area contributed by atoms with Crippen LogP contribution in [0.4, 0.5) is 0 Å². The number of aliphatic hydroxyl groups is 1. The van der Waals surface area contributed by atoms with Crippen LogP contribution in [0.25, 0.3) is 5.73 Å². The quantitative estimate of drug-likeness (QED) is 0.566. The summed E-state index contributed by atoms with van der Waals surface area (Å²) in [7, 11) is 3.54. The molecule has 2 N–H and O–H groups in total. The van der Waals surface area contributed by atoms with Crippen LogP contribution in [-0.2, 0) is 9.53 Å². The Morgan fingerprint density at radius 3 is 2.33 bits per heavy atom. The van der Waals surface area contributed by atoms with Gasteiger partial charge in [0.1, 0.15) is 5.78 Å². The monoisotopic (exact) mass is 512 g/mol. The van der Waals surface area contributed by atoms with Crippen LogP contribution in [-0.4, -0.2) is 60.3 Å². The topological polar surface area (TPSA) is 73.6 Å². The van der Waals surface area contributed by atoms with Crippen molar-refractivity contribution in [1.82, 2.24) is 4.90 Å². The van der Waals surface area contributed by atoms with Gasteiger partial charge >= 0.3 is 0 Å². The predicted octanol–water partition coefficient (Wildman–Crippen LogP) is 1.88. The number of hydrogen-bond acceptors (Lipinski definition) is 4. The average molecular weight is 512 g/mol. The molecule has 4 atom stereocenters. The van der Waals surface area contributed by atoms with Gasteiger partial charge in [0.05, 0.1) is 11.6 Å². The molecule has 0 amide bonds. The Kier molecular flexibility index (Phi) is 9.72. The zero-order chi connectivity index (χ0) is 15.5. The van der Waals surface area contributed by atoms with E-state index in [1.54, 1.807) is 14.0 Å². The molecule has 121 valence electrons. The molecule has 0 saturated carbocycles. The summed E-state index contributed by atoms with van der Waals surface area (Å²) in [5.74, 6) is 0.0701. The fourth-order valence-corrected chi connectivity index (χ4v) is 3.69. The van der Waals surface area contributed by atoms with Crippen molar-refractivity contribution in [2.45, 2.75) is 63.8 Å². The van der Waals surface area contributed by atoms with Gasteiger partial charge in [0.2, 0.25) is 0 Å². The predicted molar refractivity (Wildman–Crippen MR) is 79.6 cm³/mol. The maximum Gasteiger partial charge on any atom is 0.146 e. The van der Waals surface area contributed by atoms with E-state index in [2.05, 4.69) is 0 Å². The van der Waals surface area contributed by atoms with E-state index in [4.69, 9.17) is 10.5 Å². The van der Waals surface area contributed by atoms with Crippen molar-refractivity contribution in [3.63, 3.8) is 0 Å². The second kappa shape index (κ2) is 9.30. The molecule has 1 heterocycles. The number of carbonyl (C=O) groups is 1. The first-order chi connectivity index (χ1) is 9.38. The van der Waals surface area contributed by atoms with E-state index in [-0.39, 0.29) is 74.5 Å². The van der Waals surface area contributed by atoms with Gasteiger partial charge in [-0.15, -0.1) is 0 Å². The summed E-state index contributed by atoms with van der Waals surface area (Å²) < 4.78 is 5.67. The van der Waals surface area contributed by atoms with Crippen LogP contribution in [0.3, 0.4) is 0 Å². The molecule has 1 saturated heterocycles. The van der Waals surface area contributed by atoms with Crippen molar-refractivity contribution in [2.24, 2.45) is 5.92 Å². The second-order valence-electron chi connectivity index (χ2n) is 5.91. The maximum atomic E-state index is 11.7. The van der Waals surface area contributed by atoms with Crippen LogP contribution in [0, 0.1) is 50.0 Å². The van der Waals surface area contributed by atoms with Crippen LogP contribution in [0.2, 0.25) is 0 Å². The summed E-state index contributed by atoms with van der Waals surface area (Å²) in [6, 6.07) is -0.809. The van der Waals surface area contributed by atoms with Gasteiger partial charge in [0.25, 0.3) is 0 Å². The summed E-state index contributed by atoms with van der Waals surface area (Å²) in [5.41, 5.74) is 8.16. The Morgan fingerprint density at radius 1 is 1.48 bits per heavy atom. The number of methoxy groups -OCH3 is 1. The van der Waals surface area contributed by atoms with Gasteiger partial charge in [-0.1, -0.05) is 19.9 Å². The van der Waals surface area contributed by atoms with Crippen LogP contribution in [0.5, 0.6) is 0 Å². The van der Waals surface area contributed by atoms with E-state index < -0.39 is 11.6 Å². The Hall–Kier alpha value is 0.952. The molecule has 4 unspecified atom stereocenters. The Labute approximate surface area is 164 Å². The molecule has 0 aliphatic carbocycles. The summed E-state index contributed by atoms with van der Waals surface area (Å²) in [5, 5.41) is 9.62. The van der Waals surface area contributed by atoms with Crippen molar-refractivity contribution in [2.75, 3.05) is 20.8 Å². The minimum atomic E-state index is -0.516. The van der Waals surface area contributed by atoms with Crippen LogP contribution in [0.1, 0.15) is 40.0 Å². The molecule has 0 aromatic rings. The number of rotatable bonds is 7. The molecule has 0 bridgehead atoms. The van der Waals surface area contributed by atoms with Crippen LogP contribution in [0.15, 0.2) is 0 Å². The van der Waals surface area contributed by atoms with Crippen LogP contribution >= 0.6 is 0 Å². The van der Waals surface area contributed by atoms with Gasteiger partial charge in [-0.25, -0.2) is 0 Å². The third kappa shape index (κ3) is 4.28. The number of hydrogen-bond donors (Lipinski definition) is 1. The number of likely N-dealkylation sites (N-methyl/N-ethyl adjacent to an activating group) is 1. The van der Waals surface area contributed by atoms with E-state index in [1.807, 2.05) is 25.8 Å². The van der Waals surface area contributed by atoms with E-state index in [9.17, 15) is 9.90 Å². The van der Waals surface area contributed by atoms with Crippen molar-refractivity contribution in [3.8, 4) is 0 Å². The number of nitrogens with zero attached hydrogens (tertiary/aromatic N) is 1. The number of ketones is 1. The van der Waals surface area contributed by atoms with Gasteiger partial charge in [-0.2, -0.15) is 0 Å². The molecule has 5 nitrogen and oxygen atoms in total. The second-order valence-corrected chi connectivity index (χ2v) is 5.91. The zero-order valence-corrected chi connectivity index (χ0v) is 18.7. The minimum absolute atomic E-state index is 0. The van der Waals surface area contributed by atoms with Crippen molar-refractivity contribution >= 4 is 5.78 Å². The molecule has 1 aliphatic rings. The molecule has 6 heteroatoms. The SMILES string of the molecule is CCC(CC)(OC)C([NH-])C1C(CO)CC(C(C)=O)N1C.[Ac]. The van der Waals surface area contributed by atoms with Crippen LogP contribution < -0.4 is 0 Å². The third-order valence-electron chi connectivity index (χ3n) is 5.19. The molecule has 0 aromatic heterocycles. The summed E-state index contributed by atoms with van der Waals surface area (Å²) in [4.78, 5) is 13.7. The molecule has 1 rings (SSSR count). The number of Topliss-reactive ketones (excluding diaryl/α,β-unsaturated/α-hetero) is 1. The smallest absolute Gasteiger partial charge is 0.146 e. The summed E-state index contributed by atoms with van der Waals surface area (Å²) in [6.45, 7) is 5.65. The Bertz CT molecular complexity index is 329. The fraction of sp³-hybridized carbons (Fsp3) is 0.933. The third-order valence-corrected chi connectivity index (χ3v) is 5.19. The molecule has 0 spiro atoms. The van der Waals surface area contributed by atoms with E-state index >= 15 is 0 Å². The molecular weight excluding hydrogens is 483 g/mol. The van der Waals surface area contributed by atoms with Crippen molar-refractivity contribution in [3.05, 3.63) is 5.73 Å². The summed E-state index contributed by atoms with van der Waals surface area (Å²) in [6.07, 6.45) is 2.14. The standard InChI is InChI=1S/C15H29N2O3.Ac/c1-6-15(7-2,20-5)14(16)13-11(9-18)8-12(10(3)19)17(13)4;/h11-14,16,18H,6-9H2,1-5H3;/q-1;. The largest absolute Gasteiger partial charge is 0.671 e. The normalized spacial score (nSPS) is 28.2. The first-order valence-corrected chi connectivity index (χ1v) is 7.48. The van der Waals surface area contributed by atoms with Crippen molar-refractivity contribution in [1.29, 1.82) is 0 Å². The Morgan fingerprint density at radius 2 is 2.00 bits per heavy atom. The Balaban J connectivity index is 0.00000400. The summed E-state index contributed by atoms with van der Waals surface area (Å²) >= 11 is 0.